The zero-order chi connectivity index (χ0) is 22.0. The van der Waals surface area contributed by atoms with E-state index in [1.54, 1.807) is 29.1 Å². The van der Waals surface area contributed by atoms with Crippen molar-refractivity contribution in [2.75, 3.05) is 17.2 Å². The summed E-state index contributed by atoms with van der Waals surface area (Å²) in [4.78, 5) is 24.7. The molecule has 0 radical (unpaired) electrons. The minimum Gasteiger partial charge on any atom is -0.444 e. The Hall–Kier alpha value is -3.68. The maximum absolute atomic E-state index is 14.9. The van der Waals surface area contributed by atoms with Gasteiger partial charge in [-0.2, -0.15) is 5.10 Å². The lowest BCUT2D eigenvalue weighted by Gasteiger charge is -2.14. The Balaban J connectivity index is 1.46. The Labute approximate surface area is 179 Å². The number of ketones is 1. The lowest BCUT2D eigenvalue weighted by atomic mass is 10.0. The number of anilines is 2. The van der Waals surface area contributed by atoms with Crippen LogP contribution in [0.1, 0.15) is 25.3 Å². The lowest BCUT2D eigenvalue weighted by molar-refractivity contribution is -0.117. The van der Waals surface area contributed by atoms with Crippen LogP contribution in [-0.2, 0) is 16.1 Å². The topological polar surface area (TPSA) is 90.5 Å². The van der Waals surface area contributed by atoms with Gasteiger partial charge < -0.3 is 15.3 Å². The summed E-state index contributed by atoms with van der Waals surface area (Å²) in [5.74, 6) is 0.0839. The maximum Gasteiger partial charge on any atom is 0.414 e. The van der Waals surface area contributed by atoms with E-state index in [1.165, 1.54) is 17.9 Å². The van der Waals surface area contributed by atoms with Gasteiger partial charge in [-0.3, -0.25) is 9.58 Å². The highest BCUT2D eigenvalue weighted by Crippen LogP contribution is 2.30. The molecule has 0 bridgehead atoms. The Morgan fingerprint density at radius 1 is 1.23 bits per heavy atom. The molecule has 160 valence electrons. The summed E-state index contributed by atoms with van der Waals surface area (Å²) in [5, 5.41) is 4.16. The molecule has 0 spiro atoms. The molecule has 1 saturated heterocycles. The second kappa shape index (κ2) is 8.59. The molecule has 1 fully saturated rings. The number of nitrogens with zero attached hydrogens (tertiary/aromatic N) is 3. The van der Waals surface area contributed by atoms with Gasteiger partial charge in [-0.05, 0) is 48.7 Å². The molecular formula is C23H23FN4O3. The Morgan fingerprint density at radius 3 is 2.65 bits per heavy atom. The number of ether oxygens (including phenoxy) is 1. The molecule has 4 rings (SSSR count). The quantitative estimate of drug-likeness (QED) is 0.621. The highest BCUT2D eigenvalue weighted by molar-refractivity contribution is 5.90. The molecule has 1 aliphatic heterocycles. The average molecular weight is 422 g/mol. The number of nitrogen functional groups attached to an aromatic ring is 1. The number of benzene rings is 2. The third kappa shape index (κ3) is 4.74. The van der Waals surface area contributed by atoms with Gasteiger partial charge in [-0.15, -0.1) is 0 Å². The van der Waals surface area contributed by atoms with Crippen molar-refractivity contribution in [3.05, 3.63) is 66.1 Å². The summed E-state index contributed by atoms with van der Waals surface area (Å²) in [6, 6.07) is 14.0. The largest absolute Gasteiger partial charge is 0.444 e. The van der Waals surface area contributed by atoms with Gasteiger partial charge in [-0.1, -0.05) is 24.3 Å². The molecule has 3 aromatic rings. The maximum atomic E-state index is 14.9. The number of Topliss-reactive ketones (excluding diaryl/α,β-unsaturated/α-hetero) is 1. The molecule has 7 nitrogen and oxygen atoms in total. The lowest BCUT2D eigenvalue weighted by Crippen LogP contribution is -2.24. The predicted molar refractivity (Wildman–Crippen MR) is 115 cm³/mol. The van der Waals surface area contributed by atoms with Gasteiger partial charge in [-0.25, -0.2) is 9.18 Å². The van der Waals surface area contributed by atoms with E-state index in [0.29, 0.717) is 43.0 Å². The normalized spacial score (nSPS) is 15.9. The van der Waals surface area contributed by atoms with Crippen LogP contribution in [0.3, 0.4) is 0 Å². The number of halogens is 1. The van der Waals surface area contributed by atoms with Crippen molar-refractivity contribution >= 4 is 23.4 Å². The standard InChI is InChI=1S/C23H23FN4O3/c1-15(29)2-8-19-14-28(23(30)31-19)18-7-9-20(21(24)12-18)17-5-3-16(4-6-17)13-27-11-10-22(25)26-27/h3-7,9-12,19H,2,8,13-14H2,1H3,(H2,25,26)/t19-/m0/s1. The molecule has 0 saturated carbocycles. The van der Waals surface area contributed by atoms with Crippen molar-refractivity contribution in [1.82, 2.24) is 9.78 Å². The van der Waals surface area contributed by atoms with Gasteiger partial charge in [0.15, 0.2) is 0 Å². The van der Waals surface area contributed by atoms with Crippen LogP contribution in [0.25, 0.3) is 11.1 Å². The summed E-state index contributed by atoms with van der Waals surface area (Å²) in [6.45, 7) is 2.38. The van der Waals surface area contributed by atoms with E-state index in [2.05, 4.69) is 5.10 Å². The second-order valence-corrected chi connectivity index (χ2v) is 7.66. The second-order valence-electron chi connectivity index (χ2n) is 7.66. The molecule has 1 aliphatic rings. The number of nitrogens with two attached hydrogens (primary N) is 1. The van der Waals surface area contributed by atoms with E-state index < -0.39 is 11.9 Å². The molecule has 31 heavy (non-hydrogen) atoms. The highest BCUT2D eigenvalue weighted by atomic mass is 19.1. The number of cyclic esters (lactones) is 1. The third-order valence-electron chi connectivity index (χ3n) is 5.23. The van der Waals surface area contributed by atoms with Gasteiger partial charge in [0.25, 0.3) is 0 Å². The number of carbonyl (C=O) groups excluding carboxylic acids is 2. The van der Waals surface area contributed by atoms with Gasteiger partial charge in [0, 0.05) is 18.2 Å². The fourth-order valence-electron chi connectivity index (χ4n) is 3.60. The molecule has 1 atom stereocenters. The minimum absolute atomic E-state index is 0.0460. The van der Waals surface area contributed by atoms with Crippen LogP contribution in [0.2, 0.25) is 0 Å². The van der Waals surface area contributed by atoms with E-state index in [0.717, 1.165) is 11.1 Å². The molecule has 1 aromatic heterocycles. The molecule has 2 heterocycles. The van der Waals surface area contributed by atoms with Crippen molar-refractivity contribution < 1.29 is 18.7 Å². The Morgan fingerprint density at radius 2 is 2.00 bits per heavy atom. The Bertz CT molecular complexity index is 1110. The van der Waals surface area contributed by atoms with Crippen molar-refractivity contribution in [3.63, 3.8) is 0 Å². The number of rotatable bonds is 7. The first-order valence-electron chi connectivity index (χ1n) is 10.0. The highest BCUT2D eigenvalue weighted by Gasteiger charge is 2.32. The van der Waals surface area contributed by atoms with Crippen molar-refractivity contribution in [3.8, 4) is 11.1 Å². The first kappa shape index (κ1) is 20.6. The van der Waals surface area contributed by atoms with Crippen LogP contribution in [0.5, 0.6) is 0 Å². The Kier molecular flexibility index (Phi) is 5.70. The zero-order valence-electron chi connectivity index (χ0n) is 17.1. The van der Waals surface area contributed by atoms with Gasteiger partial charge >= 0.3 is 6.09 Å². The summed E-state index contributed by atoms with van der Waals surface area (Å²) < 4.78 is 21.9. The average Bonchev–Trinajstić information content (AvgIpc) is 3.32. The summed E-state index contributed by atoms with van der Waals surface area (Å²) in [5.41, 5.74) is 8.26. The number of hydrogen-bond donors (Lipinski definition) is 1. The molecular weight excluding hydrogens is 399 g/mol. The third-order valence-corrected chi connectivity index (χ3v) is 5.23. The number of aromatic nitrogens is 2. The number of amides is 1. The molecule has 0 aliphatic carbocycles. The van der Waals surface area contributed by atoms with Crippen molar-refractivity contribution in [1.29, 1.82) is 0 Å². The number of hydrogen-bond acceptors (Lipinski definition) is 5. The SMILES string of the molecule is CC(=O)CC[C@H]1CN(c2ccc(-c3ccc(Cn4ccc(N)n4)cc3)c(F)c2)C(=O)O1. The van der Waals surface area contributed by atoms with E-state index >= 15 is 0 Å². The molecule has 2 aromatic carbocycles. The molecule has 0 unspecified atom stereocenters. The van der Waals surface area contributed by atoms with Crippen LogP contribution in [0, 0.1) is 5.82 Å². The smallest absolute Gasteiger partial charge is 0.414 e. The predicted octanol–water partition coefficient (Wildman–Crippen LogP) is 4.01. The van der Waals surface area contributed by atoms with Crippen LogP contribution >= 0.6 is 0 Å². The van der Waals surface area contributed by atoms with E-state index in [4.69, 9.17) is 10.5 Å². The zero-order valence-corrected chi connectivity index (χ0v) is 17.1. The van der Waals surface area contributed by atoms with Gasteiger partial charge in [0.1, 0.15) is 23.5 Å². The van der Waals surface area contributed by atoms with Crippen LogP contribution in [-0.4, -0.2) is 34.3 Å². The van der Waals surface area contributed by atoms with Gasteiger partial charge in [0.2, 0.25) is 0 Å². The van der Waals surface area contributed by atoms with Crippen molar-refractivity contribution in [2.24, 2.45) is 0 Å². The van der Waals surface area contributed by atoms with Crippen molar-refractivity contribution in [2.45, 2.75) is 32.4 Å². The summed E-state index contributed by atoms with van der Waals surface area (Å²) in [7, 11) is 0. The van der Waals surface area contributed by atoms with E-state index in [1.807, 2.05) is 24.3 Å². The van der Waals surface area contributed by atoms with E-state index in [-0.39, 0.29) is 11.9 Å². The minimum atomic E-state index is -0.524. The van der Waals surface area contributed by atoms with E-state index in [9.17, 15) is 14.0 Å². The van der Waals surface area contributed by atoms with Crippen LogP contribution < -0.4 is 10.6 Å². The monoisotopic (exact) mass is 422 g/mol. The van der Waals surface area contributed by atoms with Crippen LogP contribution in [0.15, 0.2) is 54.7 Å². The van der Waals surface area contributed by atoms with Crippen LogP contribution in [0.4, 0.5) is 20.7 Å². The summed E-state index contributed by atoms with van der Waals surface area (Å²) in [6.07, 6.45) is 1.73. The molecule has 2 N–H and O–H groups in total. The molecule has 8 heteroatoms. The number of carbonyl (C=O) groups is 2. The first-order valence-corrected chi connectivity index (χ1v) is 10.0. The summed E-state index contributed by atoms with van der Waals surface area (Å²) >= 11 is 0. The fraction of sp³-hybridized carbons (Fsp3) is 0.261. The fourth-order valence-corrected chi connectivity index (χ4v) is 3.60. The van der Waals surface area contributed by atoms with Gasteiger partial charge in [0.05, 0.1) is 18.8 Å². The first-order chi connectivity index (χ1) is 14.9. The molecule has 1 amide bonds.